The van der Waals surface area contributed by atoms with Crippen molar-refractivity contribution in [3.05, 3.63) is 95.1 Å². The number of amides is 1. The number of carbonyl (C=O) groups is 1. The van der Waals surface area contributed by atoms with E-state index in [1.807, 2.05) is 53.6 Å². The highest BCUT2D eigenvalue weighted by atomic mass is 32.1. The van der Waals surface area contributed by atoms with Crippen molar-refractivity contribution in [2.75, 3.05) is 40.4 Å². The Hall–Kier alpha value is -3.79. The first kappa shape index (κ1) is 30.2. The van der Waals surface area contributed by atoms with Gasteiger partial charge in [-0.25, -0.2) is 9.97 Å². The number of piperidine rings is 2. The summed E-state index contributed by atoms with van der Waals surface area (Å²) in [6.07, 6.45) is 6.20. The molecule has 44 heavy (non-hydrogen) atoms. The first-order valence-electron chi connectivity index (χ1n) is 15.3. The lowest BCUT2D eigenvalue weighted by Crippen LogP contribution is -2.52. The van der Waals surface area contributed by atoms with Crippen molar-refractivity contribution in [3.63, 3.8) is 0 Å². The topological polar surface area (TPSA) is 88.0 Å². The van der Waals surface area contributed by atoms with Crippen LogP contribution >= 0.6 is 11.3 Å². The molecule has 0 saturated carbocycles. The second kappa shape index (κ2) is 13.5. The maximum Gasteiger partial charge on any atom is 0.226 e. The lowest BCUT2D eigenvalue weighted by molar-refractivity contribution is -0.142. The summed E-state index contributed by atoms with van der Waals surface area (Å²) >= 11 is 1.68. The molecule has 1 amide bonds. The Kier molecular flexibility index (Phi) is 9.25. The quantitative estimate of drug-likeness (QED) is 0.270. The van der Waals surface area contributed by atoms with Crippen molar-refractivity contribution >= 4 is 17.2 Å². The first-order valence-corrected chi connectivity index (χ1v) is 16.1. The number of aromatic nitrogens is 2. The fraction of sp³-hybridized carbons (Fsp3) is 0.400. The van der Waals surface area contributed by atoms with E-state index >= 15 is 0 Å². The molecule has 2 aliphatic rings. The van der Waals surface area contributed by atoms with Crippen molar-refractivity contribution < 1.29 is 19.4 Å². The van der Waals surface area contributed by atoms with Crippen LogP contribution in [0.5, 0.6) is 11.6 Å². The zero-order chi connectivity index (χ0) is 30.5. The molecule has 2 aromatic heterocycles. The largest absolute Gasteiger partial charge is 0.496 e. The Bertz CT molecular complexity index is 1540. The molecule has 1 N–H and O–H groups in total. The minimum atomic E-state index is -0.844. The maximum absolute atomic E-state index is 14.1. The molecule has 0 aliphatic carbocycles. The first-order chi connectivity index (χ1) is 21.4. The number of pyridine rings is 1. The van der Waals surface area contributed by atoms with Gasteiger partial charge >= 0.3 is 0 Å². The van der Waals surface area contributed by atoms with E-state index in [1.54, 1.807) is 31.8 Å². The monoisotopic (exact) mass is 612 g/mol. The van der Waals surface area contributed by atoms with Crippen LogP contribution in [0, 0.1) is 5.92 Å². The smallest absolute Gasteiger partial charge is 0.226 e. The zero-order valence-electron chi connectivity index (χ0n) is 25.4. The second-order valence-electron chi connectivity index (χ2n) is 11.9. The summed E-state index contributed by atoms with van der Waals surface area (Å²) in [4.78, 5) is 28.7. The molecule has 2 fully saturated rings. The fourth-order valence-corrected chi connectivity index (χ4v) is 7.56. The highest BCUT2D eigenvalue weighted by Gasteiger charge is 2.41. The standard InChI is InChI=1S/C35H40N4O4S/c1-42-31-11-7-6-10-26(31)20-35(41)15-18-39(19-16-35)34(40)29-14-17-38(24-30(29)25-8-4-3-5-9-25)23-28-22-37-33(44-28)27-12-13-32(43-2)36-21-27/h3-13,21-22,29-30,41H,14-20,23-24H2,1-2H3/t29-,30+/m1/s1. The normalized spacial score (nSPS) is 20.3. The number of carbonyl (C=O) groups excluding carboxylic acids is 1. The van der Waals surface area contributed by atoms with Crippen LogP contribution in [-0.2, 0) is 17.8 Å². The number of hydrogen-bond acceptors (Lipinski definition) is 8. The number of ether oxygens (including phenoxy) is 2. The van der Waals surface area contributed by atoms with Crippen molar-refractivity contribution in [3.8, 4) is 22.2 Å². The number of nitrogens with zero attached hydrogens (tertiary/aromatic N) is 4. The molecule has 0 radical (unpaired) electrons. The molecule has 2 saturated heterocycles. The maximum atomic E-state index is 14.1. The number of thiazole rings is 1. The summed E-state index contributed by atoms with van der Waals surface area (Å²) in [7, 11) is 3.27. The number of para-hydroxylation sites is 1. The lowest BCUT2D eigenvalue weighted by atomic mass is 9.78. The molecule has 9 heteroatoms. The summed E-state index contributed by atoms with van der Waals surface area (Å²) in [5.41, 5.74) is 2.34. The molecule has 0 bridgehead atoms. The zero-order valence-corrected chi connectivity index (χ0v) is 26.2. The Balaban J connectivity index is 1.11. The lowest BCUT2D eigenvalue weighted by Gasteiger charge is -2.43. The Labute approximate surface area is 263 Å². The van der Waals surface area contributed by atoms with E-state index in [1.165, 1.54) is 10.4 Å². The van der Waals surface area contributed by atoms with Crippen molar-refractivity contribution in [1.82, 2.24) is 19.8 Å². The fourth-order valence-electron chi connectivity index (χ4n) is 6.62. The summed E-state index contributed by atoms with van der Waals surface area (Å²) in [5, 5.41) is 12.4. The van der Waals surface area contributed by atoms with Gasteiger partial charge in [0.15, 0.2) is 0 Å². The van der Waals surface area contributed by atoms with Crippen LogP contribution < -0.4 is 9.47 Å². The van der Waals surface area contributed by atoms with Gasteiger partial charge in [0.25, 0.3) is 0 Å². The number of likely N-dealkylation sites (tertiary alicyclic amines) is 2. The molecule has 0 unspecified atom stereocenters. The van der Waals surface area contributed by atoms with Gasteiger partial charge in [-0.2, -0.15) is 0 Å². The molecule has 6 rings (SSSR count). The minimum Gasteiger partial charge on any atom is -0.496 e. The Morgan fingerprint density at radius 1 is 0.955 bits per heavy atom. The van der Waals surface area contributed by atoms with Crippen LogP contribution in [0.4, 0.5) is 0 Å². The van der Waals surface area contributed by atoms with Crippen molar-refractivity contribution in [1.29, 1.82) is 0 Å². The molecule has 4 heterocycles. The Morgan fingerprint density at radius 3 is 2.45 bits per heavy atom. The van der Waals surface area contributed by atoms with Gasteiger partial charge < -0.3 is 19.5 Å². The summed E-state index contributed by atoms with van der Waals surface area (Å²) in [6, 6.07) is 22.1. The van der Waals surface area contributed by atoms with Gasteiger partial charge in [0.05, 0.1) is 19.8 Å². The van der Waals surface area contributed by atoms with Gasteiger partial charge in [0, 0.05) is 73.3 Å². The Morgan fingerprint density at radius 2 is 1.73 bits per heavy atom. The van der Waals surface area contributed by atoms with E-state index in [0.29, 0.717) is 38.2 Å². The van der Waals surface area contributed by atoms with Crippen LogP contribution in [0.1, 0.15) is 41.2 Å². The summed E-state index contributed by atoms with van der Waals surface area (Å²) in [6.45, 7) is 3.59. The van der Waals surface area contributed by atoms with Crippen molar-refractivity contribution in [2.24, 2.45) is 5.92 Å². The van der Waals surface area contributed by atoms with Gasteiger partial charge in [-0.15, -0.1) is 11.3 Å². The number of methoxy groups -OCH3 is 2. The van der Waals surface area contributed by atoms with E-state index in [0.717, 1.165) is 47.9 Å². The number of hydrogen-bond donors (Lipinski definition) is 1. The average molecular weight is 613 g/mol. The molecule has 2 atom stereocenters. The van der Waals surface area contributed by atoms with Gasteiger partial charge in [0.2, 0.25) is 11.8 Å². The van der Waals surface area contributed by atoms with Crippen LogP contribution in [0.2, 0.25) is 0 Å². The van der Waals surface area contributed by atoms with E-state index in [-0.39, 0.29) is 17.7 Å². The van der Waals surface area contributed by atoms with Crippen molar-refractivity contribution in [2.45, 2.75) is 43.7 Å². The molecule has 8 nitrogen and oxygen atoms in total. The third-order valence-electron chi connectivity index (χ3n) is 9.09. The molecule has 230 valence electrons. The van der Waals surface area contributed by atoms with Crippen LogP contribution in [0.15, 0.2) is 79.1 Å². The van der Waals surface area contributed by atoms with Crippen LogP contribution in [0.25, 0.3) is 10.6 Å². The van der Waals surface area contributed by atoms with Gasteiger partial charge in [-0.1, -0.05) is 48.5 Å². The molecule has 2 aliphatic heterocycles. The molecule has 2 aromatic carbocycles. The number of rotatable bonds is 9. The molecule has 0 spiro atoms. The van der Waals surface area contributed by atoms with Gasteiger partial charge in [-0.3, -0.25) is 9.69 Å². The minimum absolute atomic E-state index is 0.0866. The SMILES string of the molecule is COc1ccc(-c2ncc(CN3CC[C@@H](C(=O)N4CCC(O)(Cc5ccccc5OC)CC4)[C@H](c4ccccc4)C3)s2)cn1. The third kappa shape index (κ3) is 6.80. The molecular weight excluding hydrogens is 572 g/mol. The predicted molar refractivity (Wildman–Crippen MR) is 172 cm³/mol. The summed E-state index contributed by atoms with van der Waals surface area (Å²) in [5.74, 6) is 1.61. The second-order valence-corrected chi connectivity index (χ2v) is 13.0. The highest BCUT2D eigenvalue weighted by Crippen LogP contribution is 2.37. The van der Waals surface area contributed by atoms with Crippen LogP contribution in [-0.4, -0.2) is 76.8 Å². The van der Waals surface area contributed by atoms with Crippen LogP contribution in [0.3, 0.4) is 0 Å². The number of aliphatic hydroxyl groups is 1. The average Bonchev–Trinajstić information content (AvgIpc) is 3.54. The third-order valence-corrected chi connectivity index (χ3v) is 10.1. The predicted octanol–water partition coefficient (Wildman–Crippen LogP) is 5.42. The van der Waals surface area contributed by atoms with E-state index in [9.17, 15) is 9.90 Å². The molecule has 4 aromatic rings. The van der Waals surface area contributed by atoms with Gasteiger partial charge in [0.1, 0.15) is 10.8 Å². The van der Waals surface area contributed by atoms with E-state index < -0.39 is 5.60 Å². The highest BCUT2D eigenvalue weighted by molar-refractivity contribution is 7.15. The number of benzene rings is 2. The van der Waals surface area contributed by atoms with E-state index in [2.05, 4.69) is 39.1 Å². The van der Waals surface area contributed by atoms with Gasteiger partial charge in [-0.05, 0) is 49.1 Å². The summed E-state index contributed by atoms with van der Waals surface area (Å²) < 4.78 is 10.7. The van der Waals surface area contributed by atoms with E-state index in [4.69, 9.17) is 9.47 Å². The molecular formula is C35H40N4O4S.